The van der Waals surface area contributed by atoms with Gasteiger partial charge >= 0.3 is 0 Å². The van der Waals surface area contributed by atoms with Crippen LogP contribution in [0.2, 0.25) is 5.02 Å². The first-order chi connectivity index (χ1) is 9.06. The first-order valence-electron chi connectivity index (χ1n) is 6.11. The molecule has 0 bridgehead atoms. The monoisotopic (exact) mass is 306 g/mol. The van der Waals surface area contributed by atoms with Crippen molar-refractivity contribution >= 4 is 35.9 Å². The average molecular weight is 307 g/mol. The zero-order valence-electron chi connectivity index (χ0n) is 11.4. The van der Waals surface area contributed by atoms with E-state index >= 15 is 0 Å². The Hall–Kier alpha value is -1.57. The molecule has 0 aliphatic rings. The quantitative estimate of drug-likeness (QED) is 0.557. The third-order valence-electron chi connectivity index (χ3n) is 3.09. The van der Waals surface area contributed by atoms with Crippen molar-refractivity contribution < 1.29 is 4.79 Å². The highest BCUT2D eigenvalue weighted by Crippen LogP contribution is 2.13. The molecular formula is C17H16Cl2O. The summed E-state index contributed by atoms with van der Waals surface area (Å²) in [5, 5.41) is 0.692. The summed E-state index contributed by atoms with van der Waals surface area (Å²) in [5.41, 5.74) is 4.00. The summed E-state index contributed by atoms with van der Waals surface area (Å²) >= 11 is 5.81. The van der Waals surface area contributed by atoms with Gasteiger partial charge in [-0.15, -0.1) is 12.4 Å². The van der Waals surface area contributed by atoms with Gasteiger partial charge < -0.3 is 0 Å². The summed E-state index contributed by atoms with van der Waals surface area (Å²) in [6.45, 7) is 4.04. The van der Waals surface area contributed by atoms with E-state index in [1.165, 1.54) is 5.56 Å². The van der Waals surface area contributed by atoms with Gasteiger partial charge in [-0.2, -0.15) is 0 Å². The fraction of sp³-hybridized carbons (Fsp3) is 0.118. The SMILES string of the molecule is Cc1ccc(C(=O)/C=C/c2ccc(Cl)cc2)cc1C.Cl. The van der Waals surface area contributed by atoms with Crippen LogP contribution >= 0.6 is 24.0 Å². The number of halogens is 2. The van der Waals surface area contributed by atoms with Crippen LogP contribution in [0.5, 0.6) is 0 Å². The maximum Gasteiger partial charge on any atom is 0.185 e. The summed E-state index contributed by atoms with van der Waals surface area (Å²) in [6.07, 6.45) is 3.39. The summed E-state index contributed by atoms with van der Waals surface area (Å²) < 4.78 is 0. The molecule has 0 aromatic heterocycles. The molecule has 0 aliphatic carbocycles. The van der Waals surface area contributed by atoms with Crippen molar-refractivity contribution in [2.45, 2.75) is 13.8 Å². The second-order valence-electron chi connectivity index (χ2n) is 4.55. The van der Waals surface area contributed by atoms with Crippen molar-refractivity contribution in [1.82, 2.24) is 0 Å². The standard InChI is InChI=1S/C17H15ClO.ClH/c1-12-3-7-15(11-13(12)2)17(19)10-6-14-4-8-16(18)9-5-14;/h3-11H,1-2H3;1H/b10-6+;. The van der Waals surface area contributed by atoms with E-state index in [1.807, 2.05) is 56.3 Å². The minimum Gasteiger partial charge on any atom is -0.289 e. The van der Waals surface area contributed by atoms with E-state index in [4.69, 9.17) is 11.6 Å². The van der Waals surface area contributed by atoms with Gasteiger partial charge in [0.25, 0.3) is 0 Å². The molecule has 2 aromatic carbocycles. The van der Waals surface area contributed by atoms with Crippen LogP contribution in [0.25, 0.3) is 6.08 Å². The molecule has 0 fully saturated rings. The van der Waals surface area contributed by atoms with Gasteiger partial charge in [-0.05, 0) is 54.8 Å². The molecule has 0 heterocycles. The summed E-state index contributed by atoms with van der Waals surface area (Å²) in [7, 11) is 0. The van der Waals surface area contributed by atoms with Gasteiger partial charge in [0.15, 0.2) is 5.78 Å². The minimum absolute atomic E-state index is 0. The van der Waals surface area contributed by atoms with Crippen LogP contribution in [0.1, 0.15) is 27.0 Å². The molecule has 0 unspecified atom stereocenters. The van der Waals surface area contributed by atoms with Crippen molar-refractivity contribution in [2.24, 2.45) is 0 Å². The molecule has 0 radical (unpaired) electrons. The number of aryl methyl sites for hydroxylation is 2. The average Bonchev–Trinajstić information content (AvgIpc) is 2.41. The number of benzene rings is 2. The third-order valence-corrected chi connectivity index (χ3v) is 3.34. The van der Waals surface area contributed by atoms with Gasteiger partial charge in [-0.3, -0.25) is 4.79 Å². The molecule has 1 nitrogen and oxygen atoms in total. The fourth-order valence-electron chi connectivity index (χ4n) is 1.74. The second kappa shape index (κ2) is 7.28. The molecule has 0 N–H and O–H groups in total. The normalized spacial score (nSPS) is 10.3. The number of carbonyl (C=O) groups excluding carboxylic acids is 1. The summed E-state index contributed by atoms with van der Waals surface area (Å²) in [4.78, 5) is 12.0. The molecule has 104 valence electrons. The largest absolute Gasteiger partial charge is 0.289 e. The van der Waals surface area contributed by atoms with Crippen LogP contribution in [0, 0.1) is 13.8 Å². The molecule has 0 spiro atoms. The Bertz CT molecular complexity index is 628. The Morgan fingerprint density at radius 3 is 2.25 bits per heavy atom. The van der Waals surface area contributed by atoms with Gasteiger partial charge in [0.2, 0.25) is 0 Å². The maximum absolute atomic E-state index is 12.0. The Labute approximate surface area is 130 Å². The lowest BCUT2D eigenvalue weighted by Crippen LogP contribution is -1.95. The number of carbonyl (C=O) groups is 1. The predicted octanol–water partition coefficient (Wildman–Crippen LogP) is 5.27. The molecule has 3 heteroatoms. The first kappa shape index (κ1) is 16.5. The van der Waals surface area contributed by atoms with Gasteiger partial charge in [-0.25, -0.2) is 0 Å². The van der Waals surface area contributed by atoms with Gasteiger partial charge in [-0.1, -0.05) is 41.9 Å². The highest BCUT2D eigenvalue weighted by molar-refractivity contribution is 6.30. The zero-order valence-corrected chi connectivity index (χ0v) is 13.0. The van der Waals surface area contributed by atoms with E-state index in [0.29, 0.717) is 10.6 Å². The smallest absolute Gasteiger partial charge is 0.185 e. The molecule has 2 rings (SSSR count). The fourth-order valence-corrected chi connectivity index (χ4v) is 1.86. The molecular weight excluding hydrogens is 291 g/mol. The lowest BCUT2D eigenvalue weighted by Gasteiger charge is -2.01. The summed E-state index contributed by atoms with van der Waals surface area (Å²) in [5.74, 6) is 0.0121. The Kier molecular flexibility index (Phi) is 6.00. The predicted molar refractivity (Wildman–Crippen MR) is 88.0 cm³/mol. The van der Waals surface area contributed by atoms with Gasteiger partial charge in [0.05, 0.1) is 0 Å². The number of rotatable bonds is 3. The van der Waals surface area contributed by atoms with E-state index < -0.39 is 0 Å². The maximum atomic E-state index is 12.0. The van der Waals surface area contributed by atoms with E-state index in [2.05, 4.69) is 0 Å². The Morgan fingerprint density at radius 1 is 1.00 bits per heavy atom. The third kappa shape index (κ3) is 4.22. The number of ketones is 1. The van der Waals surface area contributed by atoms with E-state index in [-0.39, 0.29) is 18.2 Å². The van der Waals surface area contributed by atoms with Gasteiger partial charge in [0, 0.05) is 10.6 Å². The van der Waals surface area contributed by atoms with Crippen molar-refractivity contribution in [2.75, 3.05) is 0 Å². The van der Waals surface area contributed by atoms with Crippen LogP contribution in [0.15, 0.2) is 48.5 Å². The Balaban J connectivity index is 0.00000200. The van der Waals surface area contributed by atoms with Crippen LogP contribution in [-0.2, 0) is 0 Å². The summed E-state index contributed by atoms with van der Waals surface area (Å²) in [6, 6.07) is 13.1. The molecule has 0 saturated carbocycles. The Morgan fingerprint density at radius 2 is 1.65 bits per heavy atom. The van der Waals surface area contributed by atoms with Crippen molar-refractivity contribution in [3.8, 4) is 0 Å². The topological polar surface area (TPSA) is 17.1 Å². The van der Waals surface area contributed by atoms with Crippen LogP contribution in [0.4, 0.5) is 0 Å². The first-order valence-corrected chi connectivity index (χ1v) is 6.49. The molecule has 0 aliphatic heterocycles. The molecule has 0 saturated heterocycles. The number of hydrogen-bond donors (Lipinski definition) is 0. The molecule has 0 atom stereocenters. The lowest BCUT2D eigenvalue weighted by atomic mass is 10.0. The molecule has 0 amide bonds. The zero-order chi connectivity index (χ0) is 13.8. The van der Waals surface area contributed by atoms with Crippen molar-refractivity contribution in [3.63, 3.8) is 0 Å². The van der Waals surface area contributed by atoms with Crippen molar-refractivity contribution in [1.29, 1.82) is 0 Å². The molecule has 20 heavy (non-hydrogen) atoms. The van der Waals surface area contributed by atoms with Gasteiger partial charge in [0.1, 0.15) is 0 Å². The second-order valence-corrected chi connectivity index (χ2v) is 4.98. The molecule has 2 aromatic rings. The van der Waals surface area contributed by atoms with Crippen LogP contribution < -0.4 is 0 Å². The van der Waals surface area contributed by atoms with E-state index in [9.17, 15) is 4.79 Å². The number of hydrogen-bond acceptors (Lipinski definition) is 1. The highest BCUT2D eigenvalue weighted by Gasteiger charge is 2.03. The van der Waals surface area contributed by atoms with E-state index in [0.717, 1.165) is 11.1 Å². The van der Waals surface area contributed by atoms with Crippen molar-refractivity contribution in [3.05, 3.63) is 75.8 Å². The van der Waals surface area contributed by atoms with E-state index in [1.54, 1.807) is 12.2 Å². The van der Waals surface area contributed by atoms with Crippen LogP contribution in [0.3, 0.4) is 0 Å². The highest BCUT2D eigenvalue weighted by atomic mass is 35.5. The lowest BCUT2D eigenvalue weighted by molar-refractivity contribution is 0.104. The van der Waals surface area contributed by atoms with Crippen LogP contribution in [-0.4, -0.2) is 5.78 Å². The number of allylic oxidation sites excluding steroid dienone is 1. The minimum atomic E-state index is 0.